The van der Waals surface area contributed by atoms with E-state index in [9.17, 15) is 0 Å². The summed E-state index contributed by atoms with van der Waals surface area (Å²) < 4.78 is 6.18. The van der Waals surface area contributed by atoms with E-state index in [0.717, 1.165) is 24.3 Å². The van der Waals surface area contributed by atoms with Gasteiger partial charge in [-0.1, -0.05) is 49.7 Å². The normalized spacial score (nSPS) is 21.7. The maximum Gasteiger partial charge on any atom is 0.142 e. The van der Waals surface area contributed by atoms with Gasteiger partial charge in [-0.2, -0.15) is 0 Å². The molecule has 2 aromatic carbocycles. The van der Waals surface area contributed by atoms with E-state index in [2.05, 4.69) is 56.4 Å². The fourth-order valence-corrected chi connectivity index (χ4v) is 4.24. The number of hydrogen-bond acceptors (Lipinski definition) is 2. The molecule has 2 aliphatic rings. The van der Waals surface area contributed by atoms with Crippen LogP contribution >= 0.6 is 0 Å². The summed E-state index contributed by atoms with van der Waals surface area (Å²) in [5.74, 6) is 0.951. The molecule has 1 N–H and O–H groups in total. The highest BCUT2D eigenvalue weighted by molar-refractivity contribution is 5.83. The first-order chi connectivity index (χ1) is 11.2. The fourth-order valence-electron chi connectivity index (χ4n) is 4.24. The van der Waals surface area contributed by atoms with Crippen LogP contribution in [0.4, 0.5) is 5.69 Å². The van der Waals surface area contributed by atoms with Gasteiger partial charge in [-0.15, -0.1) is 0 Å². The quantitative estimate of drug-likeness (QED) is 0.814. The van der Waals surface area contributed by atoms with Crippen molar-refractivity contribution >= 4 is 11.3 Å². The lowest BCUT2D eigenvalue weighted by atomic mass is 9.84. The summed E-state index contributed by atoms with van der Waals surface area (Å²) in [5, 5.41) is 3.83. The van der Waals surface area contributed by atoms with Gasteiger partial charge in [0, 0.05) is 0 Å². The van der Waals surface area contributed by atoms with Gasteiger partial charge >= 0.3 is 0 Å². The van der Waals surface area contributed by atoms with Crippen LogP contribution in [0.15, 0.2) is 48.0 Å². The Morgan fingerprint density at radius 1 is 1.09 bits per heavy atom. The molecule has 0 fully saturated rings. The van der Waals surface area contributed by atoms with Crippen molar-refractivity contribution in [2.75, 3.05) is 11.9 Å². The first-order valence-electron chi connectivity index (χ1n) is 8.53. The van der Waals surface area contributed by atoms with Crippen molar-refractivity contribution in [1.82, 2.24) is 0 Å². The van der Waals surface area contributed by atoms with Gasteiger partial charge in [-0.25, -0.2) is 0 Å². The Morgan fingerprint density at radius 3 is 2.70 bits per heavy atom. The lowest BCUT2D eigenvalue weighted by Crippen LogP contribution is -2.44. The van der Waals surface area contributed by atoms with Crippen LogP contribution in [0.2, 0.25) is 0 Å². The minimum atomic E-state index is -0.211. The van der Waals surface area contributed by atoms with Crippen LogP contribution < -0.4 is 10.1 Å². The predicted molar refractivity (Wildman–Crippen MR) is 95.9 cm³/mol. The molecule has 0 bridgehead atoms. The zero-order chi connectivity index (χ0) is 16.0. The van der Waals surface area contributed by atoms with Crippen LogP contribution in [0, 0.1) is 6.92 Å². The number of ether oxygens (including phenoxy) is 1. The summed E-state index contributed by atoms with van der Waals surface area (Å²) in [6.45, 7) is 7.35. The van der Waals surface area contributed by atoms with E-state index in [1.165, 1.54) is 27.8 Å². The number of hydrogen-bond donors (Lipinski definition) is 1. The van der Waals surface area contributed by atoms with Crippen molar-refractivity contribution in [3.63, 3.8) is 0 Å². The monoisotopic (exact) mass is 305 g/mol. The number of allylic oxidation sites excluding steroid dienone is 1. The third-order valence-electron chi connectivity index (χ3n) is 5.23. The highest BCUT2D eigenvalue weighted by Gasteiger charge is 2.46. The summed E-state index contributed by atoms with van der Waals surface area (Å²) in [6, 6.07) is 15.1. The van der Waals surface area contributed by atoms with E-state index >= 15 is 0 Å². The lowest BCUT2D eigenvalue weighted by Gasteiger charge is -2.40. The van der Waals surface area contributed by atoms with Crippen LogP contribution in [-0.4, -0.2) is 6.61 Å². The smallest absolute Gasteiger partial charge is 0.142 e. The van der Waals surface area contributed by atoms with Crippen LogP contribution in [0.25, 0.3) is 5.57 Å². The van der Waals surface area contributed by atoms with Gasteiger partial charge in [0.1, 0.15) is 17.9 Å². The van der Waals surface area contributed by atoms with Gasteiger partial charge in [0.2, 0.25) is 0 Å². The zero-order valence-corrected chi connectivity index (χ0v) is 14.1. The Kier molecular flexibility index (Phi) is 3.22. The molecule has 1 aliphatic heterocycles. The minimum Gasteiger partial charge on any atom is -0.488 e. The van der Waals surface area contributed by atoms with E-state index in [1.54, 1.807) is 0 Å². The molecule has 0 saturated heterocycles. The SMILES string of the molecule is CCC1=C(CC)C2(COc3ccccc3N2)c2ccc(C)cc21. The van der Waals surface area contributed by atoms with Crippen LogP contribution in [-0.2, 0) is 5.54 Å². The molecule has 118 valence electrons. The molecular weight excluding hydrogens is 282 g/mol. The van der Waals surface area contributed by atoms with Gasteiger partial charge in [0.15, 0.2) is 0 Å². The third-order valence-corrected chi connectivity index (χ3v) is 5.23. The highest BCUT2D eigenvalue weighted by atomic mass is 16.5. The second-order valence-electron chi connectivity index (χ2n) is 6.53. The molecule has 0 amide bonds. The maximum atomic E-state index is 6.18. The van der Waals surface area contributed by atoms with E-state index < -0.39 is 0 Å². The van der Waals surface area contributed by atoms with Gasteiger partial charge in [0.05, 0.1) is 5.69 Å². The van der Waals surface area contributed by atoms with Crippen molar-refractivity contribution in [3.05, 3.63) is 64.7 Å². The minimum absolute atomic E-state index is 0.211. The zero-order valence-electron chi connectivity index (χ0n) is 14.1. The standard InChI is InChI=1S/C21H23NO/c1-4-15-16-12-14(3)10-11-18(16)21(17(15)5-2)13-23-20-9-7-6-8-19(20)22-21/h6-12,22H,4-5,13H2,1-3H3. The maximum absolute atomic E-state index is 6.18. The molecule has 2 heteroatoms. The molecule has 1 spiro atoms. The largest absolute Gasteiger partial charge is 0.488 e. The number of nitrogens with one attached hydrogen (secondary N) is 1. The summed E-state index contributed by atoms with van der Waals surface area (Å²) >= 11 is 0. The number of rotatable bonds is 2. The molecule has 0 radical (unpaired) electrons. The van der Waals surface area contributed by atoms with Gasteiger partial charge in [0.25, 0.3) is 0 Å². The molecule has 1 atom stereocenters. The van der Waals surface area contributed by atoms with Gasteiger partial charge in [-0.3, -0.25) is 0 Å². The molecule has 2 nitrogen and oxygen atoms in total. The van der Waals surface area contributed by atoms with Crippen LogP contribution in [0.1, 0.15) is 43.4 Å². The molecule has 1 heterocycles. The van der Waals surface area contributed by atoms with E-state index in [0.29, 0.717) is 6.61 Å². The Hall–Kier alpha value is -2.22. The Morgan fingerprint density at radius 2 is 1.91 bits per heavy atom. The molecule has 0 aromatic heterocycles. The Balaban J connectivity index is 1.93. The van der Waals surface area contributed by atoms with E-state index in [1.807, 2.05) is 12.1 Å². The summed E-state index contributed by atoms with van der Waals surface area (Å²) in [6.07, 6.45) is 2.10. The average Bonchev–Trinajstić information content (AvgIpc) is 2.82. The predicted octanol–water partition coefficient (Wildman–Crippen LogP) is 5.28. The number of para-hydroxylation sites is 2. The van der Waals surface area contributed by atoms with Crippen molar-refractivity contribution in [2.24, 2.45) is 0 Å². The summed E-state index contributed by atoms with van der Waals surface area (Å²) in [4.78, 5) is 0. The van der Waals surface area contributed by atoms with Crippen molar-refractivity contribution in [3.8, 4) is 5.75 Å². The van der Waals surface area contributed by atoms with Gasteiger partial charge in [-0.05, 0) is 54.2 Å². The molecule has 1 unspecified atom stereocenters. The first-order valence-corrected chi connectivity index (χ1v) is 8.53. The Labute approximate surface area is 138 Å². The fraction of sp³-hybridized carbons (Fsp3) is 0.333. The second kappa shape index (κ2) is 5.16. The molecule has 4 rings (SSSR count). The van der Waals surface area contributed by atoms with Crippen molar-refractivity contribution in [1.29, 1.82) is 0 Å². The molecular formula is C21H23NO. The van der Waals surface area contributed by atoms with Crippen LogP contribution in [0.3, 0.4) is 0 Å². The number of benzene rings is 2. The molecule has 23 heavy (non-hydrogen) atoms. The number of fused-ring (bicyclic) bond motifs is 3. The topological polar surface area (TPSA) is 21.3 Å². The summed E-state index contributed by atoms with van der Waals surface area (Å²) in [5.41, 5.74) is 7.94. The Bertz CT molecular complexity index is 805. The average molecular weight is 305 g/mol. The molecule has 0 saturated carbocycles. The van der Waals surface area contributed by atoms with Crippen molar-refractivity contribution < 1.29 is 4.74 Å². The van der Waals surface area contributed by atoms with Crippen molar-refractivity contribution in [2.45, 2.75) is 39.2 Å². The summed E-state index contributed by atoms with van der Waals surface area (Å²) in [7, 11) is 0. The second-order valence-corrected chi connectivity index (χ2v) is 6.53. The third kappa shape index (κ3) is 1.94. The first kappa shape index (κ1) is 14.4. The van der Waals surface area contributed by atoms with Gasteiger partial charge < -0.3 is 10.1 Å². The molecule has 2 aromatic rings. The van der Waals surface area contributed by atoms with E-state index in [4.69, 9.17) is 4.74 Å². The van der Waals surface area contributed by atoms with Crippen LogP contribution in [0.5, 0.6) is 5.75 Å². The van der Waals surface area contributed by atoms with E-state index in [-0.39, 0.29) is 5.54 Å². The highest BCUT2D eigenvalue weighted by Crippen LogP contribution is 2.52. The molecule has 1 aliphatic carbocycles. The number of aryl methyl sites for hydroxylation is 1. The lowest BCUT2D eigenvalue weighted by molar-refractivity contribution is 0.242. The number of anilines is 1.